The van der Waals surface area contributed by atoms with Crippen LogP contribution in [0.3, 0.4) is 0 Å². The van der Waals surface area contributed by atoms with Crippen LogP contribution in [0.2, 0.25) is 0 Å². The van der Waals surface area contributed by atoms with E-state index in [1.165, 1.54) is 0 Å². The third-order valence-corrected chi connectivity index (χ3v) is 3.91. The number of amides is 1. The van der Waals surface area contributed by atoms with E-state index >= 15 is 0 Å². The van der Waals surface area contributed by atoms with Crippen molar-refractivity contribution in [2.45, 2.75) is 45.6 Å². The van der Waals surface area contributed by atoms with Gasteiger partial charge in [0.05, 0.1) is 17.9 Å². The molecule has 0 heterocycles. The number of ether oxygens (including phenoxy) is 1. The minimum Gasteiger partial charge on any atom is -0.491 e. The maximum absolute atomic E-state index is 12.3. The number of carboxylic acids is 1. The van der Waals surface area contributed by atoms with E-state index in [2.05, 4.69) is 5.32 Å². The Morgan fingerprint density at radius 2 is 1.73 bits per heavy atom. The zero-order valence-electron chi connectivity index (χ0n) is 13.0. The molecule has 1 aromatic carbocycles. The Labute approximate surface area is 130 Å². The molecule has 1 aliphatic rings. The number of hydrogen-bond acceptors (Lipinski definition) is 3. The van der Waals surface area contributed by atoms with Crippen molar-refractivity contribution in [2.75, 3.05) is 5.32 Å². The molecule has 2 atom stereocenters. The van der Waals surface area contributed by atoms with E-state index in [9.17, 15) is 14.7 Å². The molecule has 120 valence electrons. The van der Waals surface area contributed by atoms with Crippen LogP contribution in [-0.4, -0.2) is 23.1 Å². The summed E-state index contributed by atoms with van der Waals surface area (Å²) in [6, 6.07) is 7.14. The third kappa shape index (κ3) is 4.23. The van der Waals surface area contributed by atoms with E-state index in [4.69, 9.17) is 4.74 Å². The van der Waals surface area contributed by atoms with Gasteiger partial charge in [-0.2, -0.15) is 0 Å². The largest absolute Gasteiger partial charge is 0.491 e. The van der Waals surface area contributed by atoms with Gasteiger partial charge in [-0.3, -0.25) is 9.59 Å². The van der Waals surface area contributed by atoms with Crippen molar-refractivity contribution in [1.29, 1.82) is 0 Å². The molecule has 0 bridgehead atoms. The first-order valence-electron chi connectivity index (χ1n) is 7.77. The molecule has 0 unspecified atom stereocenters. The predicted octanol–water partition coefficient (Wildman–Crippen LogP) is 3.30. The number of aliphatic carboxylic acids is 1. The van der Waals surface area contributed by atoms with Gasteiger partial charge in [0, 0.05) is 5.69 Å². The summed E-state index contributed by atoms with van der Waals surface area (Å²) in [6.07, 6.45) is 3.09. The fraction of sp³-hybridized carbons (Fsp3) is 0.529. The van der Waals surface area contributed by atoms with Crippen LogP contribution in [0.15, 0.2) is 24.3 Å². The van der Waals surface area contributed by atoms with Crippen molar-refractivity contribution in [3.8, 4) is 5.75 Å². The summed E-state index contributed by atoms with van der Waals surface area (Å²) in [5.41, 5.74) is 0.663. The first-order valence-corrected chi connectivity index (χ1v) is 7.77. The SMILES string of the molecule is CC(C)Oc1ccc(NC(=O)[C@@H]2CCCC[C@@H]2C(=O)O)cc1. The van der Waals surface area contributed by atoms with Gasteiger partial charge in [0.2, 0.25) is 5.91 Å². The summed E-state index contributed by atoms with van der Waals surface area (Å²) < 4.78 is 5.55. The highest BCUT2D eigenvalue weighted by Gasteiger charge is 2.35. The van der Waals surface area contributed by atoms with Gasteiger partial charge in [0.25, 0.3) is 0 Å². The summed E-state index contributed by atoms with van der Waals surface area (Å²) in [4.78, 5) is 23.6. The molecular weight excluding hydrogens is 282 g/mol. The van der Waals surface area contributed by atoms with Crippen molar-refractivity contribution < 1.29 is 19.4 Å². The van der Waals surface area contributed by atoms with Gasteiger partial charge < -0.3 is 15.2 Å². The number of carbonyl (C=O) groups excluding carboxylic acids is 1. The third-order valence-electron chi connectivity index (χ3n) is 3.91. The van der Waals surface area contributed by atoms with E-state index in [-0.39, 0.29) is 12.0 Å². The van der Waals surface area contributed by atoms with E-state index in [1.807, 2.05) is 13.8 Å². The highest BCUT2D eigenvalue weighted by atomic mass is 16.5. The Balaban J connectivity index is 1.99. The lowest BCUT2D eigenvalue weighted by Gasteiger charge is -2.27. The van der Waals surface area contributed by atoms with Gasteiger partial charge >= 0.3 is 5.97 Å². The molecule has 1 amide bonds. The Hall–Kier alpha value is -2.04. The smallest absolute Gasteiger partial charge is 0.307 e. The number of hydrogen-bond donors (Lipinski definition) is 2. The van der Waals surface area contributed by atoms with Crippen LogP contribution < -0.4 is 10.1 Å². The molecule has 0 aromatic heterocycles. The normalized spacial score (nSPS) is 21.4. The Morgan fingerprint density at radius 1 is 1.14 bits per heavy atom. The molecule has 0 aliphatic heterocycles. The van der Waals surface area contributed by atoms with Gasteiger partial charge in [-0.15, -0.1) is 0 Å². The quantitative estimate of drug-likeness (QED) is 0.875. The van der Waals surface area contributed by atoms with Crippen molar-refractivity contribution >= 4 is 17.6 Å². The summed E-state index contributed by atoms with van der Waals surface area (Å²) in [5, 5.41) is 12.1. The molecule has 1 aromatic rings. The molecular formula is C17H23NO4. The standard InChI is InChI=1S/C17H23NO4/c1-11(2)22-13-9-7-12(8-10-13)18-16(19)14-5-3-4-6-15(14)17(20)21/h7-11,14-15H,3-6H2,1-2H3,(H,18,19)(H,20,21)/t14-,15+/m1/s1. The van der Waals surface area contributed by atoms with Crippen LogP contribution >= 0.6 is 0 Å². The van der Waals surface area contributed by atoms with Gasteiger partial charge in [-0.25, -0.2) is 0 Å². The molecule has 0 spiro atoms. The van der Waals surface area contributed by atoms with Crippen molar-refractivity contribution in [2.24, 2.45) is 11.8 Å². The van der Waals surface area contributed by atoms with Gasteiger partial charge in [-0.05, 0) is 51.0 Å². The number of carboxylic acid groups (broad SMARTS) is 1. The van der Waals surface area contributed by atoms with Crippen LogP contribution in [0.5, 0.6) is 5.75 Å². The molecule has 1 saturated carbocycles. The van der Waals surface area contributed by atoms with Crippen LogP contribution in [0.1, 0.15) is 39.5 Å². The second-order valence-corrected chi connectivity index (χ2v) is 6.02. The molecule has 1 fully saturated rings. The maximum Gasteiger partial charge on any atom is 0.307 e. The average Bonchev–Trinajstić information content (AvgIpc) is 2.48. The topological polar surface area (TPSA) is 75.6 Å². The lowest BCUT2D eigenvalue weighted by atomic mass is 9.78. The molecule has 1 aliphatic carbocycles. The zero-order chi connectivity index (χ0) is 16.1. The van der Waals surface area contributed by atoms with Crippen molar-refractivity contribution in [3.05, 3.63) is 24.3 Å². The highest BCUT2D eigenvalue weighted by molar-refractivity contribution is 5.95. The summed E-state index contributed by atoms with van der Waals surface area (Å²) in [6.45, 7) is 3.90. The molecule has 0 saturated heterocycles. The number of rotatable bonds is 5. The molecule has 5 heteroatoms. The van der Waals surface area contributed by atoms with E-state index in [0.29, 0.717) is 18.5 Å². The van der Waals surface area contributed by atoms with E-state index in [0.717, 1.165) is 18.6 Å². The molecule has 0 radical (unpaired) electrons. The molecule has 22 heavy (non-hydrogen) atoms. The van der Waals surface area contributed by atoms with Crippen LogP contribution in [-0.2, 0) is 9.59 Å². The Morgan fingerprint density at radius 3 is 2.27 bits per heavy atom. The maximum atomic E-state index is 12.3. The first kappa shape index (κ1) is 16.3. The van der Waals surface area contributed by atoms with Crippen molar-refractivity contribution in [3.63, 3.8) is 0 Å². The van der Waals surface area contributed by atoms with E-state index in [1.54, 1.807) is 24.3 Å². The van der Waals surface area contributed by atoms with Gasteiger partial charge in [0.15, 0.2) is 0 Å². The fourth-order valence-corrected chi connectivity index (χ4v) is 2.86. The predicted molar refractivity (Wildman–Crippen MR) is 83.9 cm³/mol. The second-order valence-electron chi connectivity index (χ2n) is 6.02. The number of nitrogens with one attached hydrogen (secondary N) is 1. The molecule has 2 N–H and O–H groups in total. The second kappa shape index (κ2) is 7.29. The van der Waals surface area contributed by atoms with Crippen LogP contribution in [0.4, 0.5) is 5.69 Å². The van der Waals surface area contributed by atoms with Crippen LogP contribution in [0.25, 0.3) is 0 Å². The average molecular weight is 305 g/mol. The van der Waals surface area contributed by atoms with Gasteiger partial charge in [-0.1, -0.05) is 12.8 Å². The Bertz CT molecular complexity index is 524. The number of carbonyl (C=O) groups is 2. The zero-order valence-corrected chi connectivity index (χ0v) is 13.0. The summed E-state index contributed by atoms with van der Waals surface area (Å²) >= 11 is 0. The lowest BCUT2D eigenvalue weighted by Crippen LogP contribution is -2.36. The molecule has 5 nitrogen and oxygen atoms in total. The minimum absolute atomic E-state index is 0.0963. The summed E-state index contributed by atoms with van der Waals surface area (Å²) in [5.74, 6) is -1.35. The minimum atomic E-state index is -0.875. The molecule has 2 rings (SSSR count). The van der Waals surface area contributed by atoms with Crippen molar-refractivity contribution in [1.82, 2.24) is 0 Å². The van der Waals surface area contributed by atoms with E-state index < -0.39 is 17.8 Å². The fourth-order valence-electron chi connectivity index (χ4n) is 2.86. The number of benzene rings is 1. The Kier molecular flexibility index (Phi) is 5.41. The number of anilines is 1. The lowest BCUT2D eigenvalue weighted by molar-refractivity contribution is -0.147. The highest BCUT2D eigenvalue weighted by Crippen LogP contribution is 2.31. The first-order chi connectivity index (χ1) is 10.5. The summed E-state index contributed by atoms with van der Waals surface area (Å²) in [7, 11) is 0. The van der Waals surface area contributed by atoms with Crippen LogP contribution in [0, 0.1) is 11.8 Å². The van der Waals surface area contributed by atoms with Gasteiger partial charge in [0.1, 0.15) is 5.75 Å². The monoisotopic (exact) mass is 305 g/mol.